The fraction of sp³-hybridized carbons (Fsp3) is 0.250. The predicted octanol–water partition coefficient (Wildman–Crippen LogP) is 2.46. The molecule has 0 fully saturated rings. The lowest BCUT2D eigenvalue weighted by molar-refractivity contribution is 0.460. The molecule has 0 atom stereocenters. The third kappa shape index (κ3) is 2.36. The van der Waals surface area contributed by atoms with Crippen molar-refractivity contribution in [3.63, 3.8) is 0 Å². The fourth-order valence-corrected chi connectivity index (χ4v) is 2.43. The van der Waals surface area contributed by atoms with E-state index in [2.05, 4.69) is 17.1 Å². The molecule has 3 rings (SSSR count). The Morgan fingerprint density at radius 2 is 1.90 bits per heavy atom. The number of benzene rings is 2. The molecule has 1 heterocycles. The molecule has 3 aromatic rings. The number of aromatic nitrogens is 3. The van der Waals surface area contributed by atoms with Crippen LogP contribution in [-0.2, 0) is 13.0 Å². The Hall–Kier alpha value is -2.40. The van der Waals surface area contributed by atoms with Gasteiger partial charge in [0.05, 0.1) is 0 Å². The normalized spacial score (nSPS) is 11.2. The van der Waals surface area contributed by atoms with Crippen molar-refractivity contribution in [3.05, 3.63) is 47.0 Å². The Kier molecular flexibility index (Phi) is 3.35. The first-order valence-electron chi connectivity index (χ1n) is 7.01. The summed E-state index contributed by atoms with van der Waals surface area (Å²) in [4.78, 5) is 1.48. The van der Waals surface area contributed by atoms with E-state index in [9.17, 15) is 5.11 Å². The van der Waals surface area contributed by atoms with Gasteiger partial charge in [-0.15, -0.1) is 15.0 Å². The van der Waals surface area contributed by atoms with Gasteiger partial charge in [0.1, 0.15) is 22.5 Å². The summed E-state index contributed by atoms with van der Waals surface area (Å²) in [6, 6.07) is 9.75. The van der Waals surface area contributed by atoms with Crippen molar-refractivity contribution < 1.29 is 5.11 Å². The van der Waals surface area contributed by atoms with E-state index in [-0.39, 0.29) is 12.3 Å². The van der Waals surface area contributed by atoms with Gasteiger partial charge in [0.2, 0.25) is 0 Å². The van der Waals surface area contributed by atoms with Crippen molar-refractivity contribution in [1.29, 1.82) is 0 Å². The second-order valence-electron chi connectivity index (χ2n) is 5.16. The molecule has 0 amide bonds. The number of hydrogen-bond donors (Lipinski definition) is 2. The number of nitrogens with zero attached hydrogens (tertiary/aromatic N) is 3. The van der Waals surface area contributed by atoms with Gasteiger partial charge >= 0.3 is 0 Å². The number of nitrogens with two attached hydrogens (primary N) is 1. The van der Waals surface area contributed by atoms with Crippen molar-refractivity contribution in [2.75, 3.05) is 0 Å². The van der Waals surface area contributed by atoms with E-state index in [1.54, 1.807) is 0 Å². The summed E-state index contributed by atoms with van der Waals surface area (Å²) in [6.45, 7) is 4.34. The largest absolute Gasteiger partial charge is 0.505 e. The van der Waals surface area contributed by atoms with Gasteiger partial charge < -0.3 is 10.8 Å². The van der Waals surface area contributed by atoms with Crippen LogP contribution in [0.4, 0.5) is 0 Å². The molecule has 0 aliphatic rings. The molecule has 0 radical (unpaired) electrons. The van der Waals surface area contributed by atoms with E-state index in [0.717, 1.165) is 23.0 Å². The molecule has 0 unspecified atom stereocenters. The summed E-state index contributed by atoms with van der Waals surface area (Å²) in [5, 5.41) is 19.2. The van der Waals surface area contributed by atoms with Crippen molar-refractivity contribution >= 4 is 11.0 Å². The Morgan fingerprint density at radius 1 is 1.14 bits per heavy atom. The van der Waals surface area contributed by atoms with Gasteiger partial charge in [0, 0.05) is 12.1 Å². The maximum absolute atomic E-state index is 10.3. The summed E-state index contributed by atoms with van der Waals surface area (Å²) < 4.78 is 0. The molecule has 5 nitrogen and oxygen atoms in total. The van der Waals surface area contributed by atoms with Crippen molar-refractivity contribution in [2.24, 2.45) is 5.73 Å². The van der Waals surface area contributed by atoms with E-state index in [1.165, 1.54) is 10.4 Å². The summed E-state index contributed by atoms with van der Waals surface area (Å²) in [5.74, 6) is 0.138. The molecule has 2 aromatic carbocycles. The van der Waals surface area contributed by atoms with E-state index in [4.69, 9.17) is 5.73 Å². The molecular formula is C16H18N4O. The van der Waals surface area contributed by atoms with Gasteiger partial charge in [-0.25, -0.2) is 0 Å². The van der Waals surface area contributed by atoms with Gasteiger partial charge in [0.15, 0.2) is 0 Å². The highest BCUT2D eigenvalue weighted by atomic mass is 16.3. The van der Waals surface area contributed by atoms with Crippen molar-refractivity contribution in [3.8, 4) is 11.4 Å². The molecule has 0 aliphatic carbocycles. The van der Waals surface area contributed by atoms with Crippen LogP contribution in [-0.4, -0.2) is 20.1 Å². The number of rotatable bonds is 3. The van der Waals surface area contributed by atoms with E-state index in [0.29, 0.717) is 11.3 Å². The molecule has 0 saturated heterocycles. The predicted molar refractivity (Wildman–Crippen MR) is 82.5 cm³/mol. The van der Waals surface area contributed by atoms with Crippen LogP contribution in [0, 0.1) is 6.92 Å². The van der Waals surface area contributed by atoms with Crippen LogP contribution in [0.2, 0.25) is 0 Å². The zero-order chi connectivity index (χ0) is 15.0. The monoisotopic (exact) mass is 282 g/mol. The van der Waals surface area contributed by atoms with Gasteiger partial charge in [-0.2, -0.15) is 0 Å². The second-order valence-corrected chi connectivity index (χ2v) is 5.16. The number of fused-ring (bicyclic) bond motifs is 1. The summed E-state index contributed by atoms with van der Waals surface area (Å²) in [6.07, 6.45) is 0.954. The average molecular weight is 282 g/mol. The Balaban J connectivity index is 2.18. The van der Waals surface area contributed by atoms with E-state index < -0.39 is 0 Å². The zero-order valence-corrected chi connectivity index (χ0v) is 12.2. The molecule has 0 spiro atoms. The minimum atomic E-state index is 0.138. The second kappa shape index (κ2) is 5.18. The SMILES string of the molecule is CCc1ccc2nn(-c3cc(C)cc(CN)c3O)nc2c1. The smallest absolute Gasteiger partial charge is 0.147 e. The highest BCUT2D eigenvalue weighted by Gasteiger charge is 2.13. The first kappa shape index (κ1) is 13.6. The molecule has 5 heteroatoms. The molecule has 21 heavy (non-hydrogen) atoms. The quantitative estimate of drug-likeness (QED) is 0.773. The average Bonchev–Trinajstić information content (AvgIpc) is 2.91. The summed E-state index contributed by atoms with van der Waals surface area (Å²) in [5.41, 5.74) is 10.8. The van der Waals surface area contributed by atoms with Crippen LogP contribution in [0.1, 0.15) is 23.6 Å². The summed E-state index contributed by atoms with van der Waals surface area (Å²) in [7, 11) is 0. The maximum Gasteiger partial charge on any atom is 0.147 e. The Bertz CT molecular complexity index is 807. The van der Waals surface area contributed by atoms with Crippen molar-refractivity contribution in [1.82, 2.24) is 15.0 Å². The lowest BCUT2D eigenvalue weighted by atomic mass is 10.1. The molecule has 1 aromatic heterocycles. The fourth-order valence-electron chi connectivity index (χ4n) is 2.43. The lowest BCUT2D eigenvalue weighted by Gasteiger charge is -2.09. The standard InChI is InChI=1S/C16H18N4O/c1-3-11-4-5-13-14(8-11)19-20(18-13)15-7-10(2)6-12(9-17)16(15)21/h4-8,21H,3,9,17H2,1-2H3. The first-order valence-corrected chi connectivity index (χ1v) is 7.01. The zero-order valence-electron chi connectivity index (χ0n) is 12.2. The number of phenolic OH excluding ortho intramolecular Hbond substituents is 1. The summed E-state index contributed by atoms with van der Waals surface area (Å²) >= 11 is 0. The lowest BCUT2D eigenvalue weighted by Crippen LogP contribution is -2.04. The Labute approximate surface area is 123 Å². The van der Waals surface area contributed by atoms with Crippen LogP contribution < -0.4 is 5.73 Å². The van der Waals surface area contributed by atoms with Crippen LogP contribution >= 0.6 is 0 Å². The minimum Gasteiger partial charge on any atom is -0.505 e. The highest BCUT2D eigenvalue weighted by Crippen LogP contribution is 2.27. The van der Waals surface area contributed by atoms with Crippen molar-refractivity contribution in [2.45, 2.75) is 26.8 Å². The Morgan fingerprint density at radius 3 is 2.62 bits per heavy atom. The van der Waals surface area contributed by atoms with E-state index >= 15 is 0 Å². The van der Waals surface area contributed by atoms with Gasteiger partial charge in [-0.05, 0) is 42.7 Å². The number of aryl methyl sites for hydroxylation is 2. The van der Waals surface area contributed by atoms with Gasteiger partial charge in [-0.3, -0.25) is 0 Å². The molecule has 0 aliphatic heterocycles. The van der Waals surface area contributed by atoms with Crippen LogP contribution in [0.3, 0.4) is 0 Å². The molecular weight excluding hydrogens is 264 g/mol. The number of aromatic hydroxyl groups is 1. The number of phenols is 1. The molecule has 108 valence electrons. The highest BCUT2D eigenvalue weighted by molar-refractivity contribution is 5.75. The minimum absolute atomic E-state index is 0.138. The van der Waals surface area contributed by atoms with Gasteiger partial charge in [0.25, 0.3) is 0 Å². The van der Waals surface area contributed by atoms with Gasteiger partial charge in [-0.1, -0.05) is 19.1 Å². The molecule has 0 saturated carbocycles. The van der Waals surface area contributed by atoms with E-state index in [1.807, 2.05) is 37.3 Å². The third-order valence-corrected chi connectivity index (χ3v) is 3.60. The van der Waals surface area contributed by atoms with Crippen LogP contribution in [0.15, 0.2) is 30.3 Å². The van der Waals surface area contributed by atoms with Crippen LogP contribution in [0.5, 0.6) is 5.75 Å². The molecule has 0 bridgehead atoms. The number of hydrogen-bond acceptors (Lipinski definition) is 4. The first-order chi connectivity index (χ1) is 10.1. The van der Waals surface area contributed by atoms with Crippen LogP contribution in [0.25, 0.3) is 16.7 Å². The topological polar surface area (TPSA) is 77.0 Å². The third-order valence-electron chi connectivity index (χ3n) is 3.60. The molecule has 3 N–H and O–H groups in total. The maximum atomic E-state index is 10.3.